The van der Waals surface area contributed by atoms with Crippen molar-refractivity contribution in [2.45, 2.75) is 18.7 Å². The highest BCUT2D eigenvalue weighted by Gasteiger charge is 2.41. The quantitative estimate of drug-likeness (QED) is 0.584. The second-order valence-corrected chi connectivity index (χ2v) is 7.37. The smallest absolute Gasteiger partial charge is 0.213 e. The van der Waals surface area contributed by atoms with Gasteiger partial charge in [-0.1, -0.05) is 54.1 Å². The van der Waals surface area contributed by atoms with E-state index in [0.29, 0.717) is 5.02 Å². The van der Waals surface area contributed by atoms with Crippen LogP contribution in [0.3, 0.4) is 0 Å². The zero-order chi connectivity index (χ0) is 19.1. The third kappa shape index (κ3) is 2.90. The molecule has 0 aromatic heterocycles. The van der Waals surface area contributed by atoms with E-state index in [-0.39, 0.29) is 12.3 Å². The lowest BCUT2D eigenvalue weighted by molar-refractivity contribution is -0.0191. The molecule has 3 aromatic carbocycles. The van der Waals surface area contributed by atoms with Gasteiger partial charge in [-0.25, -0.2) is 5.01 Å². The van der Waals surface area contributed by atoms with Crippen LogP contribution in [0.5, 0.6) is 11.5 Å². The summed E-state index contributed by atoms with van der Waals surface area (Å²) in [5.74, 6) is 1.69. The Kier molecular flexibility index (Phi) is 4.21. The molecular weight excluding hydrogens is 372 g/mol. The molecule has 0 saturated carbocycles. The Morgan fingerprint density at radius 1 is 1.04 bits per heavy atom. The van der Waals surface area contributed by atoms with E-state index in [9.17, 15) is 0 Å². The largest absolute Gasteiger partial charge is 0.497 e. The molecule has 2 aliphatic heterocycles. The highest BCUT2D eigenvalue weighted by molar-refractivity contribution is 6.30. The van der Waals surface area contributed by atoms with Crippen LogP contribution >= 0.6 is 11.6 Å². The third-order valence-electron chi connectivity index (χ3n) is 5.26. The lowest BCUT2D eigenvalue weighted by Crippen LogP contribution is -2.33. The Morgan fingerprint density at radius 2 is 1.82 bits per heavy atom. The van der Waals surface area contributed by atoms with E-state index >= 15 is 0 Å². The topological polar surface area (TPSA) is 34.1 Å². The molecule has 5 heteroatoms. The van der Waals surface area contributed by atoms with Gasteiger partial charge in [-0.15, -0.1) is 0 Å². The van der Waals surface area contributed by atoms with Crippen molar-refractivity contribution >= 4 is 17.3 Å². The summed E-state index contributed by atoms with van der Waals surface area (Å²) in [5, 5.41) is 7.73. The Hall–Kier alpha value is -2.98. The van der Waals surface area contributed by atoms with E-state index < -0.39 is 0 Å². The average Bonchev–Trinajstić information content (AvgIpc) is 3.20. The molecule has 2 heterocycles. The first kappa shape index (κ1) is 17.1. The van der Waals surface area contributed by atoms with Crippen LogP contribution in [0, 0.1) is 0 Å². The summed E-state index contributed by atoms with van der Waals surface area (Å²) in [6.07, 6.45) is 0.516. The Balaban J connectivity index is 1.60. The van der Waals surface area contributed by atoms with Crippen molar-refractivity contribution in [2.75, 3.05) is 7.11 Å². The van der Waals surface area contributed by atoms with Crippen molar-refractivity contribution in [1.82, 2.24) is 5.01 Å². The van der Waals surface area contributed by atoms with Crippen LogP contribution in [0.1, 0.15) is 35.4 Å². The summed E-state index contributed by atoms with van der Waals surface area (Å²) in [6, 6.07) is 24.1. The number of hydrogen-bond acceptors (Lipinski definition) is 4. The van der Waals surface area contributed by atoms with Crippen LogP contribution in [0.15, 0.2) is 77.9 Å². The maximum absolute atomic E-state index is 6.38. The van der Waals surface area contributed by atoms with Gasteiger partial charge in [-0.05, 0) is 35.9 Å². The van der Waals surface area contributed by atoms with Crippen molar-refractivity contribution in [3.05, 3.63) is 94.5 Å². The fourth-order valence-electron chi connectivity index (χ4n) is 3.84. The summed E-state index contributed by atoms with van der Waals surface area (Å²) in [5.41, 5.74) is 4.31. The zero-order valence-corrected chi connectivity index (χ0v) is 16.1. The Bertz CT molecular complexity index is 1030. The van der Waals surface area contributed by atoms with Crippen molar-refractivity contribution in [3.63, 3.8) is 0 Å². The number of rotatable bonds is 3. The molecule has 2 aliphatic rings. The van der Waals surface area contributed by atoms with Crippen molar-refractivity contribution in [2.24, 2.45) is 5.10 Å². The molecule has 0 radical (unpaired) electrons. The number of hydrogen-bond donors (Lipinski definition) is 0. The highest BCUT2D eigenvalue weighted by Crippen LogP contribution is 2.48. The number of methoxy groups -OCH3 is 1. The van der Waals surface area contributed by atoms with Crippen LogP contribution in [0.2, 0.25) is 5.02 Å². The monoisotopic (exact) mass is 390 g/mol. The van der Waals surface area contributed by atoms with E-state index in [2.05, 4.69) is 23.2 Å². The average molecular weight is 391 g/mol. The fourth-order valence-corrected chi connectivity index (χ4v) is 3.97. The van der Waals surface area contributed by atoms with Gasteiger partial charge in [0.1, 0.15) is 11.5 Å². The van der Waals surface area contributed by atoms with Crippen LogP contribution in [-0.4, -0.2) is 17.8 Å². The number of fused-ring (bicyclic) bond motifs is 3. The molecule has 5 rings (SSSR count). The summed E-state index contributed by atoms with van der Waals surface area (Å²) < 4.78 is 11.8. The molecule has 2 atom stereocenters. The molecule has 0 N–H and O–H groups in total. The first-order valence-electron chi connectivity index (χ1n) is 9.24. The lowest BCUT2D eigenvalue weighted by Gasteiger charge is -2.38. The van der Waals surface area contributed by atoms with E-state index in [0.717, 1.165) is 40.3 Å². The normalized spacial score (nSPS) is 20.1. The standard InChI is InChI=1S/C23H19ClN2O2/c1-27-18-11-12-22-19(13-18)21-14-20(15-5-3-2-4-6-15)25-26(21)23(28-22)16-7-9-17(24)10-8-16/h2-13,21,23H,14H2,1H3/t21-,23-/m0/s1. The molecule has 28 heavy (non-hydrogen) atoms. The van der Waals surface area contributed by atoms with Gasteiger partial charge >= 0.3 is 0 Å². The number of halogens is 1. The predicted molar refractivity (Wildman–Crippen MR) is 110 cm³/mol. The summed E-state index contributed by atoms with van der Waals surface area (Å²) >= 11 is 6.08. The maximum Gasteiger partial charge on any atom is 0.213 e. The van der Waals surface area contributed by atoms with Crippen molar-refractivity contribution in [1.29, 1.82) is 0 Å². The Labute approximate surface area is 169 Å². The Morgan fingerprint density at radius 3 is 2.57 bits per heavy atom. The minimum atomic E-state index is -0.302. The van der Waals surface area contributed by atoms with Crippen LogP contribution in [0.25, 0.3) is 0 Å². The van der Waals surface area contributed by atoms with Gasteiger partial charge in [0, 0.05) is 22.6 Å². The van der Waals surface area contributed by atoms with E-state index in [1.807, 2.05) is 54.6 Å². The summed E-state index contributed by atoms with van der Waals surface area (Å²) in [4.78, 5) is 0. The van der Waals surface area contributed by atoms with Gasteiger partial charge in [0.25, 0.3) is 0 Å². The number of nitrogens with zero attached hydrogens (tertiary/aromatic N) is 2. The first-order valence-corrected chi connectivity index (χ1v) is 9.62. The number of hydrazone groups is 1. The molecule has 4 nitrogen and oxygen atoms in total. The third-order valence-corrected chi connectivity index (χ3v) is 5.51. The minimum absolute atomic E-state index is 0.0923. The molecule has 0 bridgehead atoms. The van der Waals surface area contributed by atoms with Gasteiger partial charge in [-0.3, -0.25) is 0 Å². The lowest BCUT2D eigenvalue weighted by atomic mass is 9.95. The molecule has 0 aliphatic carbocycles. The fraction of sp³-hybridized carbons (Fsp3) is 0.174. The second-order valence-electron chi connectivity index (χ2n) is 6.94. The number of ether oxygens (including phenoxy) is 2. The molecule has 0 spiro atoms. The molecule has 0 amide bonds. The minimum Gasteiger partial charge on any atom is -0.497 e. The number of benzene rings is 3. The molecular formula is C23H19ClN2O2. The zero-order valence-electron chi connectivity index (χ0n) is 15.4. The van der Waals surface area contributed by atoms with Crippen molar-refractivity contribution < 1.29 is 9.47 Å². The molecule has 0 saturated heterocycles. The van der Waals surface area contributed by atoms with Gasteiger partial charge in [-0.2, -0.15) is 5.10 Å². The SMILES string of the molecule is COc1ccc2c(c1)[C@@H]1CC(c3ccccc3)=NN1[C@H](c1ccc(Cl)cc1)O2. The summed E-state index contributed by atoms with van der Waals surface area (Å²) in [6.45, 7) is 0. The molecule has 3 aromatic rings. The van der Waals surface area contributed by atoms with Gasteiger partial charge in [0.05, 0.1) is 18.9 Å². The van der Waals surface area contributed by atoms with Gasteiger partial charge in [0.2, 0.25) is 6.23 Å². The predicted octanol–water partition coefficient (Wildman–Crippen LogP) is 5.59. The van der Waals surface area contributed by atoms with Gasteiger partial charge < -0.3 is 9.47 Å². The van der Waals surface area contributed by atoms with Gasteiger partial charge in [0.15, 0.2) is 0 Å². The summed E-state index contributed by atoms with van der Waals surface area (Å²) in [7, 11) is 1.68. The maximum atomic E-state index is 6.38. The van der Waals surface area contributed by atoms with E-state index in [1.54, 1.807) is 7.11 Å². The molecule has 140 valence electrons. The van der Waals surface area contributed by atoms with Crippen LogP contribution in [0.4, 0.5) is 0 Å². The molecule has 0 fully saturated rings. The van der Waals surface area contributed by atoms with Crippen LogP contribution < -0.4 is 9.47 Å². The van der Waals surface area contributed by atoms with Crippen molar-refractivity contribution in [3.8, 4) is 11.5 Å². The molecule has 0 unspecified atom stereocenters. The van der Waals surface area contributed by atoms with Crippen LogP contribution in [-0.2, 0) is 0 Å². The second kappa shape index (κ2) is 6.88. The first-order chi connectivity index (χ1) is 13.7. The van der Waals surface area contributed by atoms with E-state index in [4.69, 9.17) is 26.2 Å². The van der Waals surface area contributed by atoms with E-state index in [1.165, 1.54) is 0 Å². The highest BCUT2D eigenvalue weighted by atomic mass is 35.5.